The molecular formula is C35H34N6O2S. The Balaban J connectivity index is 1.16. The van der Waals surface area contributed by atoms with Crippen LogP contribution < -0.4 is 10.5 Å². The highest BCUT2D eigenvalue weighted by molar-refractivity contribution is 7.16. The maximum atomic E-state index is 13.7. The van der Waals surface area contributed by atoms with E-state index in [0.29, 0.717) is 23.1 Å². The van der Waals surface area contributed by atoms with E-state index < -0.39 is 0 Å². The summed E-state index contributed by atoms with van der Waals surface area (Å²) >= 11 is 1.67. The highest BCUT2D eigenvalue weighted by Gasteiger charge is 2.47. The molecule has 0 spiro atoms. The average Bonchev–Trinajstić information content (AvgIpc) is 3.34. The van der Waals surface area contributed by atoms with E-state index in [1.165, 1.54) is 39.6 Å². The van der Waals surface area contributed by atoms with Crippen LogP contribution >= 0.6 is 11.3 Å². The van der Waals surface area contributed by atoms with Crippen LogP contribution in [-0.4, -0.2) is 55.6 Å². The van der Waals surface area contributed by atoms with Gasteiger partial charge in [0.2, 0.25) is 0 Å². The lowest BCUT2D eigenvalue weighted by molar-refractivity contribution is 0.0700. The summed E-state index contributed by atoms with van der Waals surface area (Å²) in [7, 11) is 3.71. The fraction of sp³-hybridized carbons (Fsp3) is 0.343. The molecule has 3 aromatic carbocycles. The number of nitrogens with zero attached hydrogens (tertiary/aromatic N) is 5. The first-order chi connectivity index (χ1) is 21.5. The number of fused-ring (bicyclic) bond motifs is 5. The maximum absolute atomic E-state index is 13.7. The smallest absolute Gasteiger partial charge is 0.254 e. The molecule has 9 heteroatoms. The molecule has 2 saturated carbocycles. The van der Waals surface area contributed by atoms with Crippen LogP contribution in [0.25, 0.3) is 54.8 Å². The van der Waals surface area contributed by atoms with E-state index in [0.717, 1.165) is 54.0 Å². The molecular weight excluding hydrogens is 568 g/mol. The third kappa shape index (κ3) is 3.95. The van der Waals surface area contributed by atoms with E-state index in [4.69, 9.17) is 15.5 Å². The van der Waals surface area contributed by atoms with Crippen molar-refractivity contribution in [3.05, 3.63) is 65.7 Å². The largest absolute Gasteiger partial charge is 0.494 e. The molecule has 3 unspecified atom stereocenters. The molecule has 222 valence electrons. The number of nitrogens with two attached hydrogens (primary N) is 1. The van der Waals surface area contributed by atoms with Gasteiger partial charge in [0.25, 0.3) is 5.91 Å². The Morgan fingerprint density at radius 1 is 1.02 bits per heavy atom. The van der Waals surface area contributed by atoms with Crippen LogP contribution in [0.4, 0.5) is 0 Å². The summed E-state index contributed by atoms with van der Waals surface area (Å²) in [4.78, 5) is 25.4. The van der Waals surface area contributed by atoms with Crippen LogP contribution in [0.15, 0.2) is 60.1 Å². The van der Waals surface area contributed by atoms with Crippen molar-refractivity contribution >= 4 is 49.4 Å². The predicted molar refractivity (Wildman–Crippen MR) is 175 cm³/mol. The number of amides is 1. The molecule has 9 rings (SSSR count). The predicted octanol–water partition coefficient (Wildman–Crippen LogP) is 6.45. The zero-order chi connectivity index (χ0) is 29.7. The summed E-state index contributed by atoms with van der Waals surface area (Å²) in [5, 5.41) is 1.19. The standard InChI is InChI=1S/C35H34N6O2S/c1-39-33-26(12-24(15-30(33)43-2)35(42)41-17-23-7-9-27(41)32(23)36)38-34(39)29-14-22-6-5-21(13-28(22)40(29)16-19-3-4-19)20-8-10-31-25(11-20)37-18-44-31/h5-6,8,10-15,18-19,23,27,32H,3-4,7,9,16-17,36H2,1-2H3. The lowest BCUT2D eigenvalue weighted by atomic mass is 10.0. The molecule has 2 N–H and O–H groups in total. The topological polar surface area (TPSA) is 91.2 Å². The van der Waals surface area contributed by atoms with Gasteiger partial charge in [0.15, 0.2) is 5.82 Å². The highest BCUT2D eigenvalue weighted by Crippen LogP contribution is 2.41. The number of likely N-dealkylation sites (tertiary alicyclic amines) is 1. The molecule has 3 aliphatic rings. The SMILES string of the molecule is COc1cc(C(=O)N2CC3CCC2C3N)cc2nc(-c3cc4ccc(-c5ccc6scnc6c5)cc4n3CC3CC3)n(C)c12. The number of piperidine rings is 1. The van der Waals surface area contributed by atoms with Crippen LogP contribution in [0.3, 0.4) is 0 Å². The van der Waals surface area contributed by atoms with Crippen LogP contribution in [-0.2, 0) is 13.6 Å². The Morgan fingerprint density at radius 3 is 2.64 bits per heavy atom. The number of ether oxygens (including phenoxy) is 1. The fourth-order valence-corrected chi connectivity index (χ4v) is 8.34. The van der Waals surface area contributed by atoms with Crippen LogP contribution in [0, 0.1) is 11.8 Å². The number of aromatic nitrogens is 4. The van der Waals surface area contributed by atoms with Crippen LogP contribution in [0.2, 0.25) is 0 Å². The lowest BCUT2D eigenvalue weighted by Crippen LogP contribution is -2.41. The number of hydrogen-bond acceptors (Lipinski definition) is 6. The number of aryl methyl sites for hydroxylation is 1. The van der Waals surface area contributed by atoms with Crippen molar-refractivity contribution in [1.82, 2.24) is 24.0 Å². The summed E-state index contributed by atoms with van der Waals surface area (Å²) < 4.78 is 11.6. The Kier molecular flexibility index (Phi) is 5.75. The van der Waals surface area contributed by atoms with Gasteiger partial charge < -0.3 is 24.5 Å². The van der Waals surface area contributed by atoms with Gasteiger partial charge in [-0.3, -0.25) is 4.79 Å². The van der Waals surface area contributed by atoms with E-state index in [9.17, 15) is 4.79 Å². The number of benzene rings is 3. The molecule has 2 aliphatic carbocycles. The van der Waals surface area contributed by atoms with Crippen LogP contribution in [0.5, 0.6) is 5.75 Å². The molecule has 44 heavy (non-hydrogen) atoms. The molecule has 3 atom stereocenters. The minimum absolute atomic E-state index is 0.0197. The third-order valence-corrected chi connectivity index (χ3v) is 11.1. The van der Waals surface area contributed by atoms with Gasteiger partial charge in [0.05, 0.1) is 34.0 Å². The van der Waals surface area contributed by atoms with Gasteiger partial charge >= 0.3 is 0 Å². The summed E-state index contributed by atoms with van der Waals surface area (Å²) in [6, 6.07) is 19.5. The van der Waals surface area contributed by atoms with E-state index in [2.05, 4.69) is 56.6 Å². The van der Waals surface area contributed by atoms with Gasteiger partial charge in [-0.25, -0.2) is 9.97 Å². The summed E-state index contributed by atoms with van der Waals surface area (Å²) in [5.41, 5.74) is 16.3. The van der Waals surface area contributed by atoms with Crippen molar-refractivity contribution in [2.45, 2.75) is 44.3 Å². The van der Waals surface area contributed by atoms with Crippen molar-refractivity contribution in [2.75, 3.05) is 13.7 Å². The summed E-state index contributed by atoms with van der Waals surface area (Å²) in [6.07, 6.45) is 4.60. The number of rotatable bonds is 6. The number of hydrogen-bond donors (Lipinski definition) is 1. The molecule has 1 saturated heterocycles. The molecule has 8 nitrogen and oxygen atoms in total. The lowest BCUT2D eigenvalue weighted by Gasteiger charge is -2.27. The zero-order valence-electron chi connectivity index (χ0n) is 24.9. The second-order valence-electron chi connectivity index (χ2n) is 12.9. The third-order valence-electron chi connectivity index (χ3n) is 10.3. The Hall–Kier alpha value is -4.21. The number of methoxy groups -OCH3 is 1. The summed E-state index contributed by atoms with van der Waals surface area (Å²) in [5.74, 6) is 2.62. The molecule has 0 radical (unpaired) electrons. The van der Waals surface area contributed by atoms with Crippen molar-refractivity contribution in [3.8, 4) is 28.4 Å². The van der Waals surface area contributed by atoms with Gasteiger partial charge in [-0.05, 0) is 85.0 Å². The number of carbonyl (C=O) groups is 1. The van der Waals surface area contributed by atoms with E-state index in [1.807, 2.05) is 29.6 Å². The summed E-state index contributed by atoms with van der Waals surface area (Å²) in [6.45, 7) is 1.69. The number of carbonyl (C=O) groups excluding carboxylic acids is 1. The van der Waals surface area contributed by atoms with Gasteiger partial charge in [0.1, 0.15) is 11.3 Å². The maximum Gasteiger partial charge on any atom is 0.254 e. The first-order valence-corrected chi connectivity index (χ1v) is 16.4. The quantitative estimate of drug-likeness (QED) is 0.237. The van der Waals surface area contributed by atoms with E-state index in [1.54, 1.807) is 18.4 Å². The van der Waals surface area contributed by atoms with Gasteiger partial charge in [-0.2, -0.15) is 0 Å². The van der Waals surface area contributed by atoms with Crippen molar-refractivity contribution in [2.24, 2.45) is 24.6 Å². The fourth-order valence-electron chi connectivity index (χ4n) is 7.68. The first kappa shape index (κ1) is 26.2. The van der Waals surface area contributed by atoms with Crippen molar-refractivity contribution in [1.29, 1.82) is 0 Å². The molecule has 3 fully saturated rings. The zero-order valence-corrected chi connectivity index (χ0v) is 25.7. The molecule has 6 aromatic rings. The normalized spacial score (nSPS) is 21.3. The Bertz CT molecular complexity index is 2120. The molecule has 1 amide bonds. The number of thiazole rings is 1. The Labute approximate surface area is 259 Å². The average molecular weight is 603 g/mol. The second-order valence-corrected chi connectivity index (χ2v) is 13.8. The van der Waals surface area contributed by atoms with Crippen molar-refractivity contribution < 1.29 is 9.53 Å². The molecule has 1 aliphatic heterocycles. The number of imidazole rings is 1. The Morgan fingerprint density at radius 2 is 1.86 bits per heavy atom. The van der Waals surface area contributed by atoms with Crippen LogP contribution in [0.1, 0.15) is 36.0 Å². The van der Waals surface area contributed by atoms with Gasteiger partial charge in [-0.1, -0.05) is 18.2 Å². The van der Waals surface area contributed by atoms with Crippen molar-refractivity contribution in [3.63, 3.8) is 0 Å². The van der Waals surface area contributed by atoms with E-state index >= 15 is 0 Å². The highest BCUT2D eigenvalue weighted by atomic mass is 32.1. The second kappa shape index (κ2) is 9.64. The minimum atomic E-state index is 0.0197. The molecule has 3 aromatic heterocycles. The van der Waals surface area contributed by atoms with Gasteiger partial charge in [0, 0.05) is 48.7 Å². The molecule has 2 bridgehead atoms. The minimum Gasteiger partial charge on any atom is -0.494 e. The molecule has 4 heterocycles. The first-order valence-electron chi connectivity index (χ1n) is 15.5. The monoisotopic (exact) mass is 602 g/mol. The van der Waals surface area contributed by atoms with E-state index in [-0.39, 0.29) is 18.0 Å². The van der Waals surface area contributed by atoms with Gasteiger partial charge in [-0.15, -0.1) is 11.3 Å².